The Hall–Kier alpha value is 0.160. The summed E-state index contributed by atoms with van der Waals surface area (Å²) >= 11 is 0. The first-order chi connectivity index (χ1) is 5.87. The average Bonchev–Trinajstić information content (AvgIpc) is 1.95. The predicted molar refractivity (Wildman–Crippen MR) is 53.0 cm³/mol. The summed E-state index contributed by atoms with van der Waals surface area (Å²) in [6.45, 7) is 6.57. The van der Waals surface area contributed by atoms with Gasteiger partial charge in [-0.2, -0.15) is 13.1 Å². The summed E-state index contributed by atoms with van der Waals surface area (Å²) in [5.41, 5.74) is 0. The van der Waals surface area contributed by atoms with Crippen molar-refractivity contribution in [2.45, 2.75) is 26.8 Å². The number of halogens is 1. The van der Waals surface area contributed by atoms with Crippen LogP contribution in [0, 0.1) is 5.92 Å². The van der Waals surface area contributed by atoms with Gasteiger partial charge < -0.3 is 4.74 Å². The summed E-state index contributed by atoms with van der Waals surface area (Å²) in [5, 5.41) is 0. The molecular formula is C7H16ClNO3S. The van der Waals surface area contributed by atoms with Crippen molar-refractivity contribution < 1.29 is 13.2 Å². The van der Waals surface area contributed by atoms with Gasteiger partial charge in [0.15, 0.2) is 0 Å². The van der Waals surface area contributed by atoms with Gasteiger partial charge in [-0.15, -0.1) is 0 Å². The van der Waals surface area contributed by atoms with Crippen molar-refractivity contribution in [3.05, 3.63) is 0 Å². The van der Waals surface area contributed by atoms with E-state index in [0.717, 1.165) is 0 Å². The molecule has 0 fully saturated rings. The molecule has 0 heterocycles. The molecule has 1 N–H and O–H groups in total. The highest BCUT2D eigenvalue weighted by Gasteiger charge is 2.18. The zero-order chi connectivity index (χ0) is 10.5. The molecule has 0 aliphatic rings. The largest absolute Gasteiger partial charge is 0.380 e. The molecule has 0 saturated carbocycles. The lowest BCUT2D eigenvalue weighted by Gasteiger charge is -2.19. The van der Waals surface area contributed by atoms with E-state index in [9.17, 15) is 8.42 Å². The van der Waals surface area contributed by atoms with E-state index < -0.39 is 9.24 Å². The van der Waals surface area contributed by atoms with Crippen LogP contribution in [-0.4, -0.2) is 27.7 Å². The van der Waals surface area contributed by atoms with Crippen LogP contribution in [0.15, 0.2) is 0 Å². The highest BCUT2D eigenvalue weighted by Crippen LogP contribution is 2.05. The number of hydrogen-bond donors (Lipinski definition) is 1. The van der Waals surface area contributed by atoms with E-state index in [1.54, 1.807) is 0 Å². The molecule has 0 amide bonds. The minimum atomic E-state index is -3.66. The molecule has 0 bridgehead atoms. The second-order valence-corrected chi connectivity index (χ2v) is 5.40. The van der Waals surface area contributed by atoms with Crippen molar-refractivity contribution >= 4 is 19.9 Å². The molecule has 0 saturated heterocycles. The number of rotatable bonds is 6. The second-order valence-electron chi connectivity index (χ2n) is 3.07. The second kappa shape index (κ2) is 5.80. The zero-order valence-corrected chi connectivity index (χ0v) is 9.65. The van der Waals surface area contributed by atoms with Gasteiger partial charge in [-0.05, 0) is 12.8 Å². The van der Waals surface area contributed by atoms with Gasteiger partial charge in [0.1, 0.15) is 0 Å². The Morgan fingerprint density at radius 1 is 1.46 bits per heavy atom. The van der Waals surface area contributed by atoms with Crippen LogP contribution < -0.4 is 4.72 Å². The summed E-state index contributed by atoms with van der Waals surface area (Å²) < 4.78 is 28.8. The first-order valence-electron chi connectivity index (χ1n) is 4.16. The van der Waals surface area contributed by atoms with Gasteiger partial charge in [0.05, 0.1) is 6.61 Å². The van der Waals surface area contributed by atoms with Gasteiger partial charge in [-0.25, -0.2) is 0 Å². The molecule has 0 aliphatic heterocycles. The fraction of sp³-hybridized carbons (Fsp3) is 1.00. The summed E-state index contributed by atoms with van der Waals surface area (Å²) in [6, 6.07) is -0.262. The maximum atomic E-state index is 10.7. The quantitative estimate of drug-likeness (QED) is 0.695. The van der Waals surface area contributed by atoms with Gasteiger partial charge >= 0.3 is 0 Å². The molecule has 0 aromatic carbocycles. The fourth-order valence-corrected chi connectivity index (χ4v) is 1.83. The standard InChI is InChI=1S/C7H16ClNO3S/c1-4-12-5-7(6(2)3)9-13(8,10)11/h6-7,9H,4-5H2,1-3H3. The number of hydrogen-bond acceptors (Lipinski definition) is 3. The number of nitrogens with one attached hydrogen (secondary N) is 1. The maximum absolute atomic E-state index is 10.7. The van der Waals surface area contributed by atoms with Crippen LogP contribution >= 0.6 is 10.7 Å². The van der Waals surface area contributed by atoms with Crippen molar-refractivity contribution in [3.63, 3.8) is 0 Å². The average molecular weight is 230 g/mol. The van der Waals surface area contributed by atoms with Gasteiger partial charge in [0.2, 0.25) is 0 Å². The Morgan fingerprint density at radius 3 is 2.31 bits per heavy atom. The topological polar surface area (TPSA) is 55.4 Å². The van der Waals surface area contributed by atoms with Crippen molar-refractivity contribution in [1.82, 2.24) is 4.72 Å². The van der Waals surface area contributed by atoms with Crippen molar-refractivity contribution in [2.75, 3.05) is 13.2 Å². The van der Waals surface area contributed by atoms with E-state index in [4.69, 9.17) is 15.4 Å². The highest BCUT2D eigenvalue weighted by molar-refractivity contribution is 8.12. The van der Waals surface area contributed by atoms with Gasteiger partial charge in [0, 0.05) is 23.3 Å². The Morgan fingerprint density at radius 2 is 2.00 bits per heavy atom. The Kier molecular flexibility index (Phi) is 5.87. The molecule has 0 spiro atoms. The van der Waals surface area contributed by atoms with E-state index in [1.165, 1.54) is 0 Å². The third-order valence-corrected chi connectivity index (χ3v) is 2.45. The monoisotopic (exact) mass is 229 g/mol. The van der Waals surface area contributed by atoms with E-state index in [0.29, 0.717) is 13.2 Å². The third-order valence-electron chi connectivity index (χ3n) is 1.60. The molecule has 0 aliphatic carbocycles. The molecule has 80 valence electrons. The van der Waals surface area contributed by atoms with E-state index in [2.05, 4.69) is 4.72 Å². The fourth-order valence-electron chi connectivity index (χ4n) is 0.788. The summed E-state index contributed by atoms with van der Waals surface area (Å²) in [5.74, 6) is 0.153. The predicted octanol–water partition coefficient (Wildman–Crippen LogP) is 1.12. The first-order valence-corrected chi connectivity index (χ1v) is 6.47. The van der Waals surface area contributed by atoms with E-state index in [-0.39, 0.29) is 12.0 Å². The van der Waals surface area contributed by atoms with Gasteiger partial charge in [-0.3, -0.25) is 0 Å². The lowest BCUT2D eigenvalue weighted by molar-refractivity contribution is 0.116. The maximum Gasteiger partial charge on any atom is 0.297 e. The molecule has 4 nitrogen and oxygen atoms in total. The number of ether oxygens (including phenoxy) is 1. The van der Waals surface area contributed by atoms with Crippen LogP contribution in [0.1, 0.15) is 20.8 Å². The van der Waals surface area contributed by atoms with Crippen molar-refractivity contribution in [3.8, 4) is 0 Å². The minimum absolute atomic E-state index is 0.153. The van der Waals surface area contributed by atoms with Crippen molar-refractivity contribution in [2.24, 2.45) is 5.92 Å². The van der Waals surface area contributed by atoms with E-state index in [1.807, 2.05) is 20.8 Å². The lowest BCUT2D eigenvalue weighted by Crippen LogP contribution is -2.39. The summed E-state index contributed by atoms with van der Waals surface area (Å²) in [7, 11) is 1.40. The molecule has 0 radical (unpaired) electrons. The SMILES string of the molecule is CCOCC(NS(=O)(=O)Cl)C(C)C. The Balaban J connectivity index is 4.11. The van der Waals surface area contributed by atoms with Crippen LogP contribution in [0.5, 0.6) is 0 Å². The lowest BCUT2D eigenvalue weighted by atomic mass is 10.1. The smallest absolute Gasteiger partial charge is 0.297 e. The molecule has 0 aromatic rings. The van der Waals surface area contributed by atoms with Gasteiger partial charge in [-0.1, -0.05) is 13.8 Å². The molecule has 1 atom stereocenters. The van der Waals surface area contributed by atoms with Crippen molar-refractivity contribution in [1.29, 1.82) is 0 Å². The van der Waals surface area contributed by atoms with Crippen LogP contribution in [-0.2, 0) is 14.0 Å². The zero-order valence-electron chi connectivity index (χ0n) is 8.08. The van der Waals surface area contributed by atoms with Crippen LogP contribution in [0.25, 0.3) is 0 Å². The minimum Gasteiger partial charge on any atom is -0.380 e. The molecule has 0 rings (SSSR count). The van der Waals surface area contributed by atoms with Gasteiger partial charge in [0.25, 0.3) is 9.24 Å². The van der Waals surface area contributed by atoms with E-state index >= 15 is 0 Å². The molecule has 0 aromatic heterocycles. The Labute approximate surface area is 84.2 Å². The normalized spacial score (nSPS) is 14.8. The Bertz CT molecular complexity index is 228. The van der Waals surface area contributed by atoms with Crippen LogP contribution in [0.4, 0.5) is 0 Å². The highest BCUT2D eigenvalue weighted by atomic mass is 35.7. The molecule has 1 unspecified atom stereocenters. The molecule has 6 heteroatoms. The molecule has 13 heavy (non-hydrogen) atoms. The van der Waals surface area contributed by atoms with Crippen LogP contribution in [0.2, 0.25) is 0 Å². The van der Waals surface area contributed by atoms with Crippen LogP contribution in [0.3, 0.4) is 0 Å². The summed E-state index contributed by atoms with van der Waals surface area (Å²) in [4.78, 5) is 0. The first kappa shape index (κ1) is 13.2. The third kappa shape index (κ3) is 7.25. The summed E-state index contributed by atoms with van der Waals surface area (Å²) in [6.07, 6.45) is 0. The molecular weight excluding hydrogens is 214 g/mol.